The van der Waals surface area contributed by atoms with Crippen molar-refractivity contribution in [3.63, 3.8) is 0 Å². The maximum atomic E-state index is 12.3. The molecule has 6 heteroatoms. The molecule has 2 aliphatic rings. The van der Waals surface area contributed by atoms with Crippen molar-refractivity contribution in [2.45, 2.75) is 18.9 Å². The Kier molecular flexibility index (Phi) is 2.89. The number of nitrogens with one attached hydrogen (secondary N) is 1. The smallest absolute Gasteiger partial charge is 0.270 e. The number of rotatable bonds is 1. The Labute approximate surface area is 113 Å². The van der Waals surface area contributed by atoms with Gasteiger partial charge in [0.15, 0.2) is 0 Å². The molecule has 0 aliphatic carbocycles. The van der Waals surface area contributed by atoms with Crippen LogP contribution in [0.3, 0.4) is 0 Å². The molecule has 2 aliphatic heterocycles. The van der Waals surface area contributed by atoms with Crippen molar-refractivity contribution in [1.29, 1.82) is 0 Å². The molecule has 3 heterocycles. The summed E-state index contributed by atoms with van der Waals surface area (Å²) in [6, 6.07) is 2.00. The molecular weight excluding hydrogens is 298 g/mol. The summed E-state index contributed by atoms with van der Waals surface area (Å²) in [5, 5.41) is 0. The molecule has 1 aromatic rings. The van der Waals surface area contributed by atoms with Crippen molar-refractivity contribution in [2.24, 2.45) is 0 Å². The first-order chi connectivity index (χ1) is 8.65. The number of carbonyl (C=O) groups excluding carboxylic acids is 2. The summed E-state index contributed by atoms with van der Waals surface area (Å²) in [4.78, 5) is 30.5. The lowest BCUT2D eigenvalue weighted by Gasteiger charge is -2.37. The molecule has 1 N–H and O–H groups in total. The van der Waals surface area contributed by atoms with E-state index in [0.29, 0.717) is 31.7 Å². The minimum Gasteiger partial charge on any atom is -0.356 e. The van der Waals surface area contributed by atoms with Crippen LogP contribution in [0.5, 0.6) is 0 Å². The largest absolute Gasteiger partial charge is 0.356 e. The SMILES string of the molecule is O=C(c1cc(Br)c[nH]1)N1CCN2C(=O)CCC2C1. The Morgan fingerprint density at radius 3 is 3.00 bits per heavy atom. The molecule has 1 aromatic heterocycles. The van der Waals surface area contributed by atoms with Crippen LogP contribution in [0.2, 0.25) is 0 Å². The van der Waals surface area contributed by atoms with Gasteiger partial charge in [0.05, 0.1) is 0 Å². The summed E-state index contributed by atoms with van der Waals surface area (Å²) in [6.45, 7) is 1.94. The summed E-state index contributed by atoms with van der Waals surface area (Å²) in [6.07, 6.45) is 3.25. The second kappa shape index (κ2) is 4.42. The maximum absolute atomic E-state index is 12.3. The van der Waals surface area contributed by atoms with Crippen LogP contribution in [0.25, 0.3) is 0 Å². The van der Waals surface area contributed by atoms with Gasteiger partial charge in [0.2, 0.25) is 5.91 Å². The third-order valence-corrected chi connectivity index (χ3v) is 4.12. The zero-order valence-corrected chi connectivity index (χ0v) is 11.4. The Morgan fingerprint density at radius 1 is 1.44 bits per heavy atom. The molecule has 2 fully saturated rings. The van der Waals surface area contributed by atoms with E-state index in [4.69, 9.17) is 0 Å². The maximum Gasteiger partial charge on any atom is 0.270 e. The summed E-state index contributed by atoms with van der Waals surface area (Å²) in [7, 11) is 0. The Hall–Kier alpha value is -1.30. The van der Waals surface area contributed by atoms with Gasteiger partial charge < -0.3 is 14.8 Å². The number of nitrogens with zero attached hydrogens (tertiary/aromatic N) is 2. The Balaban J connectivity index is 1.71. The normalized spacial score (nSPS) is 23.4. The van der Waals surface area contributed by atoms with Gasteiger partial charge in [-0.15, -0.1) is 0 Å². The second-order valence-electron chi connectivity index (χ2n) is 4.76. The van der Waals surface area contributed by atoms with Crippen LogP contribution in [-0.4, -0.2) is 52.3 Å². The van der Waals surface area contributed by atoms with E-state index in [2.05, 4.69) is 20.9 Å². The minimum atomic E-state index is 0.0136. The highest BCUT2D eigenvalue weighted by Crippen LogP contribution is 2.24. The van der Waals surface area contributed by atoms with Crippen LogP contribution in [0.15, 0.2) is 16.7 Å². The summed E-state index contributed by atoms with van der Waals surface area (Å²) in [5.74, 6) is 0.245. The van der Waals surface area contributed by atoms with Crippen molar-refractivity contribution in [3.8, 4) is 0 Å². The molecule has 0 spiro atoms. The fraction of sp³-hybridized carbons (Fsp3) is 0.500. The topological polar surface area (TPSA) is 56.4 Å². The number of hydrogen-bond donors (Lipinski definition) is 1. The van der Waals surface area contributed by atoms with Crippen molar-refractivity contribution >= 4 is 27.7 Å². The van der Waals surface area contributed by atoms with Gasteiger partial charge in [-0.05, 0) is 28.4 Å². The van der Waals surface area contributed by atoms with Crippen molar-refractivity contribution in [1.82, 2.24) is 14.8 Å². The number of aromatic nitrogens is 1. The van der Waals surface area contributed by atoms with E-state index in [9.17, 15) is 9.59 Å². The standard InChI is InChI=1S/C12H14BrN3O2/c13-8-5-10(14-6-8)12(18)15-3-4-16-9(7-15)1-2-11(16)17/h5-6,9,14H,1-4,7H2. The number of amides is 2. The molecule has 18 heavy (non-hydrogen) atoms. The third-order valence-electron chi connectivity index (χ3n) is 3.66. The van der Waals surface area contributed by atoms with Gasteiger partial charge in [-0.25, -0.2) is 0 Å². The fourth-order valence-electron chi connectivity index (χ4n) is 2.71. The van der Waals surface area contributed by atoms with Crippen molar-refractivity contribution in [3.05, 3.63) is 22.4 Å². The Morgan fingerprint density at radius 2 is 2.28 bits per heavy atom. The van der Waals surface area contributed by atoms with Crippen molar-refractivity contribution < 1.29 is 9.59 Å². The number of aromatic amines is 1. The van der Waals surface area contributed by atoms with E-state index in [0.717, 1.165) is 10.9 Å². The first-order valence-corrected chi connectivity index (χ1v) is 6.87. The van der Waals surface area contributed by atoms with Gasteiger partial charge in [-0.1, -0.05) is 0 Å². The van der Waals surface area contributed by atoms with Gasteiger partial charge in [0.25, 0.3) is 5.91 Å². The van der Waals surface area contributed by atoms with E-state index in [-0.39, 0.29) is 17.9 Å². The zero-order valence-electron chi connectivity index (χ0n) is 9.86. The average Bonchev–Trinajstić information content (AvgIpc) is 2.95. The first-order valence-electron chi connectivity index (χ1n) is 6.08. The highest BCUT2D eigenvalue weighted by molar-refractivity contribution is 9.10. The zero-order chi connectivity index (χ0) is 12.7. The summed E-state index contributed by atoms with van der Waals surface area (Å²) >= 11 is 3.32. The van der Waals surface area contributed by atoms with Crippen LogP contribution in [-0.2, 0) is 4.79 Å². The van der Waals surface area contributed by atoms with Gasteiger partial charge >= 0.3 is 0 Å². The second-order valence-corrected chi connectivity index (χ2v) is 5.68. The molecule has 96 valence electrons. The van der Waals surface area contributed by atoms with Crippen LogP contribution in [0.1, 0.15) is 23.3 Å². The molecule has 1 unspecified atom stereocenters. The lowest BCUT2D eigenvalue weighted by Crippen LogP contribution is -2.53. The average molecular weight is 312 g/mol. The van der Waals surface area contributed by atoms with Crippen LogP contribution in [0, 0.1) is 0 Å². The first kappa shape index (κ1) is 11.8. The number of fused-ring (bicyclic) bond motifs is 1. The lowest BCUT2D eigenvalue weighted by molar-refractivity contribution is -0.130. The summed E-state index contributed by atoms with van der Waals surface area (Å²) in [5.41, 5.74) is 0.597. The van der Waals surface area contributed by atoms with E-state index >= 15 is 0 Å². The predicted octanol–water partition coefficient (Wildman–Crippen LogP) is 1.22. The van der Waals surface area contributed by atoms with E-state index in [1.165, 1.54) is 0 Å². The fourth-order valence-corrected chi connectivity index (χ4v) is 3.05. The van der Waals surface area contributed by atoms with E-state index in [1.54, 1.807) is 12.3 Å². The van der Waals surface area contributed by atoms with Gasteiger partial charge in [-0.2, -0.15) is 0 Å². The lowest BCUT2D eigenvalue weighted by atomic mass is 10.1. The highest BCUT2D eigenvalue weighted by Gasteiger charge is 2.37. The number of halogens is 1. The Bertz CT molecular complexity index is 499. The number of piperazine rings is 1. The molecule has 0 aromatic carbocycles. The monoisotopic (exact) mass is 311 g/mol. The molecule has 2 amide bonds. The van der Waals surface area contributed by atoms with E-state index < -0.39 is 0 Å². The quantitative estimate of drug-likeness (QED) is 0.848. The highest BCUT2D eigenvalue weighted by atomic mass is 79.9. The number of carbonyl (C=O) groups is 2. The van der Waals surface area contributed by atoms with Crippen LogP contribution in [0.4, 0.5) is 0 Å². The predicted molar refractivity (Wildman–Crippen MR) is 69.1 cm³/mol. The molecule has 0 saturated carbocycles. The van der Waals surface area contributed by atoms with E-state index in [1.807, 2.05) is 9.80 Å². The van der Waals surface area contributed by atoms with Crippen LogP contribution >= 0.6 is 15.9 Å². The summed E-state index contributed by atoms with van der Waals surface area (Å²) < 4.78 is 0.875. The van der Waals surface area contributed by atoms with Gasteiger partial charge in [0, 0.05) is 42.8 Å². The van der Waals surface area contributed by atoms with Gasteiger partial charge in [0.1, 0.15) is 5.69 Å². The van der Waals surface area contributed by atoms with Crippen molar-refractivity contribution in [2.75, 3.05) is 19.6 Å². The molecule has 0 bridgehead atoms. The molecule has 0 radical (unpaired) electrons. The molecule has 1 atom stereocenters. The minimum absolute atomic E-state index is 0.0136. The molecule has 5 nitrogen and oxygen atoms in total. The third kappa shape index (κ3) is 1.94. The van der Waals surface area contributed by atoms with Crippen LogP contribution < -0.4 is 0 Å². The molecular formula is C12H14BrN3O2. The van der Waals surface area contributed by atoms with Gasteiger partial charge in [-0.3, -0.25) is 9.59 Å². The molecule has 3 rings (SSSR count). The molecule has 2 saturated heterocycles. The number of hydrogen-bond acceptors (Lipinski definition) is 2. The number of H-pyrrole nitrogens is 1.